The van der Waals surface area contributed by atoms with E-state index in [4.69, 9.17) is 0 Å². The number of amides is 4. The number of carbonyl (C=O) groups is 3. The van der Waals surface area contributed by atoms with Gasteiger partial charge >= 0.3 is 6.03 Å². The van der Waals surface area contributed by atoms with Crippen LogP contribution in [0.15, 0.2) is 24.4 Å². The third-order valence-electron chi connectivity index (χ3n) is 7.69. The summed E-state index contributed by atoms with van der Waals surface area (Å²) in [6, 6.07) is 5.80. The molecule has 4 rings (SSSR count). The number of hydrogen-bond donors (Lipinski definition) is 0. The lowest BCUT2D eigenvalue weighted by Crippen LogP contribution is -2.51. The summed E-state index contributed by atoms with van der Waals surface area (Å²) in [6.45, 7) is 2.68. The van der Waals surface area contributed by atoms with Crippen molar-refractivity contribution >= 4 is 17.8 Å². The predicted octanol–water partition coefficient (Wildman–Crippen LogP) is 2.14. The largest absolute Gasteiger partial charge is 0.341 e. The molecule has 3 aliphatic rings. The Bertz CT molecular complexity index is 831. The number of urea groups is 1. The number of piperidine rings is 1. The molecule has 2 saturated heterocycles. The molecule has 1 saturated carbocycles. The Morgan fingerprint density at radius 2 is 1.88 bits per heavy atom. The highest BCUT2D eigenvalue weighted by molar-refractivity contribution is 6.08. The van der Waals surface area contributed by atoms with E-state index in [1.807, 2.05) is 25.4 Å². The molecule has 8 nitrogen and oxygen atoms in total. The highest BCUT2D eigenvalue weighted by Crippen LogP contribution is 2.39. The zero-order valence-electron chi connectivity index (χ0n) is 19.3. The zero-order valence-corrected chi connectivity index (χ0v) is 19.3. The topological polar surface area (TPSA) is 77.1 Å². The van der Waals surface area contributed by atoms with Gasteiger partial charge in [0.2, 0.25) is 5.91 Å². The maximum Gasteiger partial charge on any atom is 0.327 e. The number of carbonyl (C=O) groups excluding carboxylic acids is 3. The van der Waals surface area contributed by atoms with Gasteiger partial charge in [-0.15, -0.1) is 0 Å². The highest BCUT2D eigenvalue weighted by Gasteiger charge is 2.56. The Morgan fingerprint density at radius 3 is 2.53 bits per heavy atom. The van der Waals surface area contributed by atoms with Gasteiger partial charge in [-0.1, -0.05) is 25.3 Å². The standard InChI is InChI=1S/C24H35N5O3/c1-26(20-10-16-28(17-11-20)15-9-19-8-4-7-14-25-19)21(30)18-29-22(31)24(27(2)23(29)32)12-5-3-6-13-24/h4,7-8,14,20H,3,5-6,9-13,15-18H2,1-2H3. The molecule has 1 aromatic heterocycles. The van der Waals surface area contributed by atoms with Gasteiger partial charge in [-0.05, 0) is 37.8 Å². The molecule has 1 spiro atoms. The molecule has 174 valence electrons. The Kier molecular flexibility index (Phi) is 6.79. The monoisotopic (exact) mass is 441 g/mol. The fraction of sp³-hybridized carbons (Fsp3) is 0.667. The van der Waals surface area contributed by atoms with Crippen LogP contribution in [0.2, 0.25) is 0 Å². The lowest BCUT2D eigenvalue weighted by Gasteiger charge is -2.37. The number of pyridine rings is 1. The van der Waals surface area contributed by atoms with Gasteiger partial charge in [0.1, 0.15) is 12.1 Å². The number of imide groups is 1. The second-order valence-corrected chi connectivity index (χ2v) is 9.47. The Balaban J connectivity index is 1.28. The van der Waals surface area contributed by atoms with Crippen molar-refractivity contribution in [1.29, 1.82) is 0 Å². The molecule has 0 aromatic carbocycles. The number of rotatable bonds is 6. The van der Waals surface area contributed by atoms with Crippen LogP contribution in [0.5, 0.6) is 0 Å². The maximum atomic E-state index is 13.2. The minimum absolute atomic E-state index is 0.141. The number of likely N-dealkylation sites (tertiary alicyclic amines) is 1. The Hall–Kier alpha value is -2.48. The van der Waals surface area contributed by atoms with E-state index < -0.39 is 5.54 Å². The predicted molar refractivity (Wildman–Crippen MR) is 121 cm³/mol. The number of likely N-dealkylation sites (N-methyl/N-ethyl adjacent to an activating group) is 2. The van der Waals surface area contributed by atoms with E-state index in [-0.39, 0.29) is 30.4 Å². The normalized spacial score (nSPS) is 22.1. The number of nitrogens with zero attached hydrogens (tertiary/aromatic N) is 5. The molecule has 1 aliphatic carbocycles. The molecule has 8 heteroatoms. The van der Waals surface area contributed by atoms with Crippen LogP contribution in [0.3, 0.4) is 0 Å². The van der Waals surface area contributed by atoms with E-state index >= 15 is 0 Å². The summed E-state index contributed by atoms with van der Waals surface area (Å²) in [6.07, 6.45) is 8.94. The van der Waals surface area contributed by atoms with Crippen LogP contribution >= 0.6 is 0 Å². The van der Waals surface area contributed by atoms with Gasteiger partial charge in [0.15, 0.2) is 0 Å². The minimum Gasteiger partial charge on any atom is -0.341 e. The SMILES string of the molecule is CN(C(=O)CN1C(=O)N(C)C2(CCCCC2)C1=O)C1CCN(CCc2ccccn2)CC1. The molecule has 0 N–H and O–H groups in total. The fourth-order valence-corrected chi connectivity index (χ4v) is 5.47. The molecule has 0 unspecified atom stereocenters. The van der Waals surface area contributed by atoms with Crippen molar-refractivity contribution in [2.45, 2.75) is 62.9 Å². The maximum absolute atomic E-state index is 13.2. The molecular formula is C24H35N5O3. The van der Waals surface area contributed by atoms with Crippen molar-refractivity contribution in [3.05, 3.63) is 30.1 Å². The van der Waals surface area contributed by atoms with Gasteiger partial charge < -0.3 is 14.7 Å². The second-order valence-electron chi connectivity index (χ2n) is 9.47. The van der Waals surface area contributed by atoms with E-state index in [0.29, 0.717) is 12.8 Å². The lowest BCUT2D eigenvalue weighted by atomic mass is 9.81. The van der Waals surface area contributed by atoms with Crippen molar-refractivity contribution in [1.82, 2.24) is 24.6 Å². The number of hydrogen-bond acceptors (Lipinski definition) is 5. The van der Waals surface area contributed by atoms with Crippen LogP contribution in [-0.2, 0) is 16.0 Å². The summed E-state index contributed by atoms with van der Waals surface area (Å²) in [7, 11) is 3.52. The summed E-state index contributed by atoms with van der Waals surface area (Å²) in [4.78, 5) is 50.3. The quantitative estimate of drug-likeness (QED) is 0.632. The second kappa shape index (κ2) is 9.57. The van der Waals surface area contributed by atoms with Crippen molar-refractivity contribution in [3.8, 4) is 0 Å². The third kappa shape index (κ3) is 4.37. The summed E-state index contributed by atoms with van der Waals surface area (Å²) in [5, 5.41) is 0. The first-order valence-electron chi connectivity index (χ1n) is 11.9. The smallest absolute Gasteiger partial charge is 0.327 e. The van der Waals surface area contributed by atoms with E-state index in [2.05, 4.69) is 16.0 Å². The van der Waals surface area contributed by atoms with Crippen molar-refractivity contribution < 1.29 is 14.4 Å². The van der Waals surface area contributed by atoms with Gasteiger partial charge in [-0.2, -0.15) is 0 Å². The average molecular weight is 442 g/mol. The molecular weight excluding hydrogens is 406 g/mol. The first-order valence-corrected chi connectivity index (χ1v) is 11.9. The van der Waals surface area contributed by atoms with Crippen molar-refractivity contribution in [3.63, 3.8) is 0 Å². The molecule has 3 heterocycles. The van der Waals surface area contributed by atoms with E-state index in [1.54, 1.807) is 16.8 Å². The van der Waals surface area contributed by atoms with Gasteiger partial charge in [-0.3, -0.25) is 19.5 Å². The Labute approximate surface area is 190 Å². The molecule has 0 atom stereocenters. The van der Waals surface area contributed by atoms with Crippen LogP contribution in [0, 0.1) is 0 Å². The minimum atomic E-state index is -0.729. The summed E-state index contributed by atoms with van der Waals surface area (Å²) in [5.74, 6) is -0.337. The molecule has 4 amide bonds. The molecule has 3 fully saturated rings. The first-order chi connectivity index (χ1) is 15.4. The van der Waals surface area contributed by atoms with Crippen LogP contribution in [0.4, 0.5) is 4.79 Å². The van der Waals surface area contributed by atoms with Gasteiger partial charge in [-0.25, -0.2) is 4.79 Å². The molecule has 32 heavy (non-hydrogen) atoms. The van der Waals surface area contributed by atoms with Crippen molar-refractivity contribution in [2.24, 2.45) is 0 Å². The average Bonchev–Trinajstić information content (AvgIpc) is 3.00. The van der Waals surface area contributed by atoms with Crippen LogP contribution < -0.4 is 0 Å². The van der Waals surface area contributed by atoms with Gasteiger partial charge in [0.25, 0.3) is 5.91 Å². The molecule has 0 bridgehead atoms. The summed E-state index contributed by atoms with van der Waals surface area (Å²) in [5.41, 5.74) is 0.371. The van der Waals surface area contributed by atoms with E-state index in [0.717, 1.165) is 63.9 Å². The van der Waals surface area contributed by atoms with E-state index in [1.165, 1.54) is 4.90 Å². The van der Waals surface area contributed by atoms with Gasteiger partial charge in [0, 0.05) is 58.1 Å². The van der Waals surface area contributed by atoms with Gasteiger partial charge in [0.05, 0.1) is 0 Å². The fourth-order valence-electron chi connectivity index (χ4n) is 5.47. The molecule has 0 radical (unpaired) electrons. The van der Waals surface area contributed by atoms with E-state index in [9.17, 15) is 14.4 Å². The van der Waals surface area contributed by atoms with Crippen LogP contribution in [0.1, 0.15) is 50.6 Å². The summed E-state index contributed by atoms with van der Waals surface area (Å²) >= 11 is 0. The lowest BCUT2D eigenvalue weighted by molar-refractivity contribution is -0.141. The third-order valence-corrected chi connectivity index (χ3v) is 7.69. The van der Waals surface area contributed by atoms with Crippen LogP contribution in [-0.4, -0.2) is 94.3 Å². The number of aromatic nitrogens is 1. The Morgan fingerprint density at radius 1 is 1.16 bits per heavy atom. The van der Waals surface area contributed by atoms with Crippen LogP contribution in [0.25, 0.3) is 0 Å². The molecule has 1 aromatic rings. The summed E-state index contributed by atoms with van der Waals surface area (Å²) < 4.78 is 0. The zero-order chi connectivity index (χ0) is 22.7. The molecule has 2 aliphatic heterocycles. The first kappa shape index (κ1) is 22.7. The highest BCUT2D eigenvalue weighted by atomic mass is 16.2. The van der Waals surface area contributed by atoms with Crippen molar-refractivity contribution in [2.75, 3.05) is 40.3 Å².